The number of nitrogen functional groups attached to an aromatic ring is 1. The van der Waals surface area contributed by atoms with E-state index < -0.39 is 5.82 Å². The molecule has 1 aromatic carbocycles. The van der Waals surface area contributed by atoms with Crippen molar-refractivity contribution in [2.45, 2.75) is 32.7 Å². The highest BCUT2D eigenvalue weighted by Gasteiger charge is 2.29. The van der Waals surface area contributed by atoms with Crippen molar-refractivity contribution >= 4 is 11.6 Å². The van der Waals surface area contributed by atoms with Crippen LogP contribution in [-0.2, 0) is 11.3 Å². The van der Waals surface area contributed by atoms with Gasteiger partial charge in [-0.3, -0.25) is 4.79 Å². The summed E-state index contributed by atoms with van der Waals surface area (Å²) in [6, 6.07) is 4.94. The van der Waals surface area contributed by atoms with Crippen LogP contribution in [0, 0.1) is 11.7 Å². The minimum absolute atomic E-state index is 0.121. The first-order valence-electron chi connectivity index (χ1n) is 6.42. The third kappa shape index (κ3) is 2.63. The normalized spacial score (nSPS) is 19.6. The molecule has 18 heavy (non-hydrogen) atoms. The van der Waals surface area contributed by atoms with Gasteiger partial charge in [-0.15, -0.1) is 0 Å². The molecular weight excluding hydrogens is 231 g/mol. The van der Waals surface area contributed by atoms with Gasteiger partial charge in [-0.1, -0.05) is 25.5 Å². The summed E-state index contributed by atoms with van der Waals surface area (Å²) in [5, 5.41) is 0. The molecule has 1 heterocycles. The van der Waals surface area contributed by atoms with Crippen LogP contribution in [-0.4, -0.2) is 17.4 Å². The molecule has 98 valence electrons. The van der Waals surface area contributed by atoms with Crippen LogP contribution in [0.25, 0.3) is 0 Å². The molecule has 4 heteroatoms. The predicted molar refractivity (Wildman–Crippen MR) is 69.2 cm³/mol. The number of nitrogens with two attached hydrogens (primary N) is 1. The highest BCUT2D eigenvalue weighted by Crippen LogP contribution is 2.25. The number of anilines is 1. The SMILES string of the molecule is CCCC1CC(=O)N(Cc2cccc(N)c2F)C1. The number of amides is 1. The van der Waals surface area contributed by atoms with Crippen LogP contribution in [0.4, 0.5) is 10.1 Å². The van der Waals surface area contributed by atoms with E-state index in [0.29, 0.717) is 24.4 Å². The molecule has 1 aromatic rings. The fourth-order valence-electron chi connectivity index (χ4n) is 2.54. The quantitative estimate of drug-likeness (QED) is 0.835. The second kappa shape index (κ2) is 5.38. The van der Waals surface area contributed by atoms with E-state index in [1.54, 1.807) is 17.0 Å². The number of carbonyl (C=O) groups excluding carboxylic acids is 1. The first-order valence-corrected chi connectivity index (χ1v) is 6.42. The molecule has 1 aliphatic heterocycles. The Balaban J connectivity index is 2.06. The van der Waals surface area contributed by atoms with Crippen molar-refractivity contribution in [2.24, 2.45) is 5.92 Å². The van der Waals surface area contributed by atoms with Crippen molar-refractivity contribution in [3.8, 4) is 0 Å². The summed E-state index contributed by atoms with van der Waals surface area (Å²) in [7, 11) is 0. The van der Waals surface area contributed by atoms with Crippen molar-refractivity contribution in [3.05, 3.63) is 29.6 Å². The van der Waals surface area contributed by atoms with Gasteiger partial charge in [0.25, 0.3) is 0 Å². The lowest BCUT2D eigenvalue weighted by Crippen LogP contribution is -2.25. The number of benzene rings is 1. The molecule has 3 nitrogen and oxygen atoms in total. The van der Waals surface area contributed by atoms with Crippen molar-refractivity contribution in [1.82, 2.24) is 4.90 Å². The van der Waals surface area contributed by atoms with Gasteiger partial charge < -0.3 is 10.6 Å². The highest BCUT2D eigenvalue weighted by molar-refractivity contribution is 5.78. The Labute approximate surface area is 107 Å². The Morgan fingerprint density at radius 3 is 3.00 bits per heavy atom. The smallest absolute Gasteiger partial charge is 0.223 e. The summed E-state index contributed by atoms with van der Waals surface area (Å²) in [5.41, 5.74) is 6.17. The average molecular weight is 250 g/mol. The van der Waals surface area contributed by atoms with Crippen LogP contribution in [0.2, 0.25) is 0 Å². The summed E-state index contributed by atoms with van der Waals surface area (Å²) in [5.74, 6) is 0.145. The predicted octanol–water partition coefficient (Wildman–Crippen LogP) is 2.56. The number of nitrogens with zero attached hydrogens (tertiary/aromatic N) is 1. The van der Waals surface area contributed by atoms with Crippen molar-refractivity contribution in [3.63, 3.8) is 0 Å². The third-order valence-electron chi connectivity index (χ3n) is 3.46. The maximum atomic E-state index is 13.8. The summed E-state index contributed by atoms with van der Waals surface area (Å²) in [4.78, 5) is 13.6. The van der Waals surface area contributed by atoms with Crippen LogP contribution in [0.5, 0.6) is 0 Å². The maximum absolute atomic E-state index is 13.8. The Hall–Kier alpha value is -1.58. The average Bonchev–Trinajstić information content (AvgIpc) is 2.66. The first kappa shape index (κ1) is 12.9. The Morgan fingerprint density at radius 1 is 1.50 bits per heavy atom. The van der Waals surface area contributed by atoms with Crippen LogP contribution in [0.1, 0.15) is 31.7 Å². The molecule has 0 spiro atoms. The zero-order chi connectivity index (χ0) is 13.1. The number of hydrogen-bond acceptors (Lipinski definition) is 2. The topological polar surface area (TPSA) is 46.3 Å². The van der Waals surface area contributed by atoms with Gasteiger partial charge in [0.1, 0.15) is 0 Å². The minimum Gasteiger partial charge on any atom is -0.396 e. The second-order valence-electron chi connectivity index (χ2n) is 4.95. The van der Waals surface area contributed by atoms with Gasteiger partial charge in [0.2, 0.25) is 5.91 Å². The van der Waals surface area contributed by atoms with E-state index in [2.05, 4.69) is 6.92 Å². The van der Waals surface area contributed by atoms with Crippen LogP contribution in [0.3, 0.4) is 0 Å². The van der Waals surface area contributed by atoms with Gasteiger partial charge in [-0.05, 0) is 18.4 Å². The van der Waals surface area contributed by atoms with Crippen LogP contribution < -0.4 is 5.73 Å². The fraction of sp³-hybridized carbons (Fsp3) is 0.500. The van der Waals surface area contributed by atoms with Crippen molar-refractivity contribution < 1.29 is 9.18 Å². The van der Waals surface area contributed by atoms with E-state index in [9.17, 15) is 9.18 Å². The van der Waals surface area contributed by atoms with Crippen LogP contribution in [0.15, 0.2) is 18.2 Å². The number of carbonyl (C=O) groups is 1. The highest BCUT2D eigenvalue weighted by atomic mass is 19.1. The lowest BCUT2D eigenvalue weighted by Gasteiger charge is -2.17. The number of hydrogen-bond donors (Lipinski definition) is 1. The Bertz CT molecular complexity index is 447. The van der Waals surface area contributed by atoms with E-state index in [0.717, 1.165) is 19.4 Å². The molecule has 1 unspecified atom stereocenters. The number of likely N-dealkylation sites (tertiary alicyclic amines) is 1. The van der Waals surface area contributed by atoms with E-state index >= 15 is 0 Å². The molecule has 1 fully saturated rings. The van der Waals surface area contributed by atoms with Crippen molar-refractivity contribution in [2.75, 3.05) is 12.3 Å². The lowest BCUT2D eigenvalue weighted by atomic mass is 10.0. The fourth-order valence-corrected chi connectivity index (χ4v) is 2.54. The third-order valence-corrected chi connectivity index (χ3v) is 3.46. The van der Waals surface area contributed by atoms with Gasteiger partial charge in [-0.25, -0.2) is 4.39 Å². The van der Waals surface area contributed by atoms with Gasteiger partial charge in [0.15, 0.2) is 5.82 Å². The second-order valence-corrected chi connectivity index (χ2v) is 4.95. The monoisotopic (exact) mass is 250 g/mol. The van der Waals surface area contributed by atoms with Gasteiger partial charge in [-0.2, -0.15) is 0 Å². The zero-order valence-electron chi connectivity index (χ0n) is 10.7. The molecule has 0 radical (unpaired) electrons. The maximum Gasteiger partial charge on any atom is 0.223 e. The summed E-state index contributed by atoms with van der Waals surface area (Å²) < 4.78 is 13.8. The van der Waals surface area contributed by atoms with E-state index in [-0.39, 0.29) is 11.6 Å². The molecule has 1 amide bonds. The molecule has 0 aromatic heterocycles. The summed E-state index contributed by atoms with van der Waals surface area (Å²) >= 11 is 0. The van der Waals surface area contributed by atoms with E-state index in [1.165, 1.54) is 6.07 Å². The largest absolute Gasteiger partial charge is 0.396 e. The van der Waals surface area contributed by atoms with Crippen LogP contribution >= 0.6 is 0 Å². The molecule has 0 bridgehead atoms. The molecule has 0 aliphatic carbocycles. The van der Waals surface area contributed by atoms with E-state index in [4.69, 9.17) is 5.73 Å². The molecule has 1 atom stereocenters. The van der Waals surface area contributed by atoms with E-state index in [1.807, 2.05) is 0 Å². The number of rotatable bonds is 4. The van der Waals surface area contributed by atoms with Crippen molar-refractivity contribution in [1.29, 1.82) is 0 Å². The zero-order valence-corrected chi connectivity index (χ0v) is 10.7. The molecular formula is C14H19FN2O. The molecule has 1 aliphatic rings. The molecule has 0 saturated carbocycles. The summed E-state index contributed by atoms with van der Waals surface area (Å²) in [6.07, 6.45) is 2.73. The first-order chi connectivity index (χ1) is 8.61. The Morgan fingerprint density at radius 2 is 2.28 bits per heavy atom. The number of halogens is 1. The lowest BCUT2D eigenvalue weighted by molar-refractivity contribution is -0.128. The standard InChI is InChI=1S/C14H19FN2O/c1-2-4-10-7-13(18)17(8-10)9-11-5-3-6-12(16)14(11)15/h3,5-6,10H,2,4,7-9,16H2,1H3. The van der Waals surface area contributed by atoms with Gasteiger partial charge in [0, 0.05) is 25.1 Å². The Kier molecular flexibility index (Phi) is 3.84. The molecule has 2 rings (SSSR count). The molecule has 2 N–H and O–H groups in total. The summed E-state index contributed by atoms with van der Waals surface area (Å²) in [6.45, 7) is 3.18. The van der Waals surface area contributed by atoms with Gasteiger partial charge in [0.05, 0.1) is 5.69 Å². The minimum atomic E-state index is -0.399. The van der Waals surface area contributed by atoms with Gasteiger partial charge >= 0.3 is 0 Å². The molecule has 1 saturated heterocycles.